The Morgan fingerprint density at radius 2 is 1.87 bits per heavy atom. The molecule has 1 unspecified atom stereocenters. The average Bonchev–Trinajstić information content (AvgIpc) is 3.08. The Morgan fingerprint density at radius 3 is 2.53 bits per heavy atom. The minimum absolute atomic E-state index is 0.0378. The van der Waals surface area contributed by atoms with Gasteiger partial charge in [-0.1, -0.05) is 6.07 Å². The lowest BCUT2D eigenvalue weighted by atomic mass is 10.1. The van der Waals surface area contributed by atoms with Gasteiger partial charge >= 0.3 is 0 Å². The first-order valence-electron chi connectivity index (χ1n) is 8.94. The second kappa shape index (κ2) is 8.59. The van der Waals surface area contributed by atoms with Crippen molar-refractivity contribution in [2.24, 2.45) is 11.1 Å². The van der Waals surface area contributed by atoms with Crippen LogP contribution < -0.4 is 29.6 Å². The molecule has 0 saturated carbocycles. The highest BCUT2D eigenvalue weighted by Gasteiger charge is 2.36. The molecule has 160 valence electrons. The van der Waals surface area contributed by atoms with E-state index in [1.807, 2.05) is 0 Å². The summed E-state index contributed by atoms with van der Waals surface area (Å²) in [7, 11) is -0.907. The number of hydrogen-bond donors (Lipinski definition) is 3. The summed E-state index contributed by atoms with van der Waals surface area (Å²) >= 11 is 0. The van der Waals surface area contributed by atoms with E-state index in [-0.39, 0.29) is 30.5 Å². The molecule has 30 heavy (non-hydrogen) atoms. The van der Waals surface area contributed by atoms with Crippen molar-refractivity contribution in [3.05, 3.63) is 42.5 Å². The Morgan fingerprint density at radius 1 is 1.13 bits per heavy atom. The smallest absolute Gasteiger partial charge is 0.296 e. The van der Waals surface area contributed by atoms with Crippen LogP contribution in [0, 0.1) is 5.92 Å². The molecular formula is C19H22N4O6S. The first kappa shape index (κ1) is 21.4. The Kier molecular flexibility index (Phi) is 6.13. The summed E-state index contributed by atoms with van der Waals surface area (Å²) in [6.07, 6.45) is 0.0378. The van der Waals surface area contributed by atoms with Gasteiger partial charge in [0.2, 0.25) is 11.8 Å². The summed E-state index contributed by atoms with van der Waals surface area (Å²) in [4.78, 5) is 26.7. The molecule has 2 amide bonds. The maximum absolute atomic E-state index is 12.7. The van der Waals surface area contributed by atoms with E-state index in [4.69, 9.17) is 14.6 Å². The topological polar surface area (TPSA) is 140 Å². The fourth-order valence-corrected chi connectivity index (χ4v) is 3.65. The van der Waals surface area contributed by atoms with Crippen molar-refractivity contribution < 1.29 is 27.5 Å². The van der Waals surface area contributed by atoms with Crippen LogP contribution in [0.3, 0.4) is 0 Å². The molecule has 3 rings (SSSR count). The summed E-state index contributed by atoms with van der Waals surface area (Å²) in [5, 5.41) is 7.66. The number of nitrogens with zero attached hydrogens (tertiary/aromatic N) is 1. The predicted molar refractivity (Wildman–Crippen MR) is 112 cm³/mol. The van der Waals surface area contributed by atoms with E-state index in [0.29, 0.717) is 22.9 Å². The fourth-order valence-electron chi connectivity index (χ4n) is 3.19. The van der Waals surface area contributed by atoms with Crippen LogP contribution in [0.5, 0.6) is 11.5 Å². The van der Waals surface area contributed by atoms with Crippen LogP contribution in [-0.2, 0) is 19.8 Å². The molecule has 0 bridgehead atoms. The van der Waals surface area contributed by atoms with E-state index in [1.54, 1.807) is 30.3 Å². The largest absolute Gasteiger partial charge is 0.497 e. The van der Waals surface area contributed by atoms with Crippen molar-refractivity contribution in [1.82, 2.24) is 0 Å². The van der Waals surface area contributed by atoms with Crippen molar-refractivity contribution in [2.75, 3.05) is 35.7 Å². The van der Waals surface area contributed by atoms with Crippen molar-refractivity contribution in [3.8, 4) is 11.5 Å². The van der Waals surface area contributed by atoms with Crippen LogP contribution in [0.2, 0.25) is 0 Å². The molecule has 2 aromatic rings. The third-order valence-corrected chi connectivity index (χ3v) is 5.08. The van der Waals surface area contributed by atoms with Gasteiger partial charge in [0.25, 0.3) is 10.2 Å². The molecule has 0 aromatic heterocycles. The van der Waals surface area contributed by atoms with Crippen LogP contribution in [-0.4, -0.2) is 41.0 Å². The van der Waals surface area contributed by atoms with Crippen molar-refractivity contribution >= 4 is 39.1 Å². The lowest BCUT2D eigenvalue weighted by molar-refractivity contribution is -0.122. The third-order valence-electron chi connectivity index (χ3n) is 4.56. The summed E-state index contributed by atoms with van der Waals surface area (Å²) in [6, 6.07) is 11.2. The van der Waals surface area contributed by atoms with Gasteiger partial charge in [-0.15, -0.1) is 0 Å². The Labute approximate surface area is 174 Å². The highest BCUT2D eigenvalue weighted by atomic mass is 32.2. The van der Waals surface area contributed by atoms with Gasteiger partial charge in [0, 0.05) is 24.7 Å². The molecule has 1 aliphatic heterocycles. The molecular weight excluding hydrogens is 412 g/mol. The van der Waals surface area contributed by atoms with E-state index in [1.165, 1.54) is 31.3 Å². The minimum atomic E-state index is -3.93. The van der Waals surface area contributed by atoms with Crippen LogP contribution >= 0.6 is 0 Å². The molecule has 1 fully saturated rings. The summed E-state index contributed by atoms with van der Waals surface area (Å²) in [5.41, 5.74) is 1.14. The number of nitrogens with two attached hydrogens (primary N) is 1. The number of methoxy groups -OCH3 is 2. The first-order chi connectivity index (χ1) is 14.2. The number of nitrogens with one attached hydrogen (secondary N) is 2. The normalized spacial score (nSPS) is 16.3. The summed E-state index contributed by atoms with van der Waals surface area (Å²) in [6.45, 7) is 0.183. The molecule has 0 aliphatic carbocycles. The Balaban J connectivity index is 1.72. The Bertz CT molecular complexity index is 1070. The molecule has 1 heterocycles. The second-order valence-electron chi connectivity index (χ2n) is 6.66. The van der Waals surface area contributed by atoms with Gasteiger partial charge in [-0.05, 0) is 30.3 Å². The van der Waals surface area contributed by atoms with Crippen LogP contribution in [0.25, 0.3) is 0 Å². The van der Waals surface area contributed by atoms with Gasteiger partial charge in [0.15, 0.2) is 0 Å². The maximum Gasteiger partial charge on any atom is 0.296 e. The number of amides is 2. The van der Waals surface area contributed by atoms with E-state index in [9.17, 15) is 18.0 Å². The van der Waals surface area contributed by atoms with Gasteiger partial charge in [-0.2, -0.15) is 8.42 Å². The van der Waals surface area contributed by atoms with Crippen LogP contribution in [0.4, 0.5) is 17.1 Å². The zero-order chi connectivity index (χ0) is 21.9. The van der Waals surface area contributed by atoms with Gasteiger partial charge in [0.05, 0.1) is 31.5 Å². The van der Waals surface area contributed by atoms with Gasteiger partial charge < -0.3 is 19.7 Å². The Hall–Kier alpha value is -3.31. The predicted octanol–water partition coefficient (Wildman–Crippen LogP) is 1.31. The highest BCUT2D eigenvalue weighted by molar-refractivity contribution is 7.90. The van der Waals surface area contributed by atoms with Gasteiger partial charge in [-0.3, -0.25) is 14.3 Å². The number of carbonyl (C=O) groups excluding carboxylic acids is 2. The quantitative estimate of drug-likeness (QED) is 0.600. The van der Waals surface area contributed by atoms with Crippen LogP contribution in [0.15, 0.2) is 42.5 Å². The number of hydrogen-bond acceptors (Lipinski definition) is 6. The first-order valence-corrected chi connectivity index (χ1v) is 10.5. The highest BCUT2D eigenvalue weighted by Crippen LogP contribution is 2.36. The zero-order valence-corrected chi connectivity index (χ0v) is 17.2. The molecule has 11 heteroatoms. The van der Waals surface area contributed by atoms with E-state index in [2.05, 4.69) is 10.0 Å². The molecule has 0 spiro atoms. The molecule has 2 aromatic carbocycles. The molecule has 4 N–H and O–H groups in total. The molecule has 1 atom stereocenters. The monoisotopic (exact) mass is 434 g/mol. The van der Waals surface area contributed by atoms with Crippen molar-refractivity contribution in [3.63, 3.8) is 0 Å². The van der Waals surface area contributed by atoms with Crippen molar-refractivity contribution in [1.29, 1.82) is 0 Å². The molecule has 1 saturated heterocycles. The standard InChI is InChI=1S/C19H22N4O6S/c1-28-15-6-7-16(17(10-15)29-2)23-11-12(8-18(23)24)19(25)21-13-4-3-5-14(9-13)22-30(20,26)27/h3-7,9-10,12,22H,8,11H2,1-2H3,(H,21,25)(H2,20,26,27). The lowest BCUT2D eigenvalue weighted by Gasteiger charge is -2.20. The number of benzene rings is 2. The lowest BCUT2D eigenvalue weighted by Crippen LogP contribution is -2.28. The minimum Gasteiger partial charge on any atom is -0.497 e. The van der Waals surface area contributed by atoms with Gasteiger partial charge in [-0.25, -0.2) is 5.14 Å². The molecule has 0 radical (unpaired) electrons. The van der Waals surface area contributed by atoms with E-state index < -0.39 is 16.1 Å². The average molecular weight is 434 g/mol. The molecule has 10 nitrogen and oxygen atoms in total. The van der Waals surface area contributed by atoms with E-state index in [0.717, 1.165) is 0 Å². The van der Waals surface area contributed by atoms with Crippen LogP contribution in [0.1, 0.15) is 6.42 Å². The summed E-state index contributed by atoms with van der Waals surface area (Å²) < 4.78 is 35.0. The number of rotatable bonds is 7. The van der Waals surface area contributed by atoms with E-state index >= 15 is 0 Å². The zero-order valence-electron chi connectivity index (χ0n) is 16.4. The summed E-state index contributed by atoms with van der Waals surface area (Å²) in [5.74, 6) is -0.0939. The number of ether oxygens (including phenoxy) is 2. The molecule has 1 aliphatic rings. The SMILES string of the molecule is COc1ccc(N2CC(C(=O)Nc3cccc(NS(N)(=O)=O)c3)CC2=O)c(OC)c1. The van der Waals surface area contributed by atoms with Gasteiger partial charge in [0.1, 0.15) is 11.5 Å². The second-order valence-corrected chi connectivity index (χ2v) is 7.95. The fraction of sp³-hybridized carbons (Fsp3) is 0.263. The third kappa shape index (κ3) is 4.99. The maximum atomic E-state index is 12.7. The van der Waals surface area contributed by atoms with Crippen molar-refractivity contribution in [2.45, 2.75) is 6.42 Å². The number of carbonyl (C=O) groups is 2. The number of anilines is 3.